The van der Waals surface area contributed by atoms with E-state index in [1.165, 1.54) is 6.07 Å². The van der Waals surface area contributed by atoms with Gasteiger partial charge in [0.2, 0.25) is 24.1 Å². The van der Waals surface area contributed by atoms with E-state index >= 15 is 4.39 Å². The number of rotatable bonds is 11. The quantitative estimate of drug-likeness (QED) is 0.176. The van der Waals surface area contributed by atoms with E-state index in [-0.39, 0.29) is 54.9 Å². The lowest BCUT2D eigenvalue weighted by molar-refractivity contribution is -0.154. The van der Waals surface area contributed by atoms with Gasteiger partial charge in [0.15, 0.2) is 0 Å². The van der Waals surface area contributed by atoms with Crippen LogP contribution in [0.2, 0.25) is 0 Å². The molecule has 1 spiro atoms. The second-order valence-electron chi connectivity index (χ2n) is 14.7. The Morgan fingerprint density at radius 2 is 1.83 bits per heavy atom. The van der Waals surface area contributed by atoms with Crippen LogP contribution < -0.4 is 11.1 Å². The number of aromatic nitrogens is 4. The number of hydrogen-bond donors (Lipinski definition) is 2. The van der Waals surface area contributed by atoms with Crippen molar-refractivity contribution in [1.29, 1.82) is 0 Å². The van der Waals surface area contributed by atoms with E-state index in [4.69, 9.17) is 15.6 Å². The van der Waals surface area contributed by atoms with Gasteiger partial charge in [-0.25, -0.2) is 4.39 Å². The molecule has 1 aliphatic carbocycles. The number of esters is 1. The Balaban J connectivity index is 0.000000413. The fourth-order valence-corrected chi connectivity index (χ4v) is 6.96. The first-order valence-electron chi connectivity index (χ1n) is 17.3. The van der Waals surface area contributed by atoms with Gasteiger partial charge in [0.25, 0.3) is 0 Å². The molecule has 0 unspecified atom stereocenters. The summed E-state index contributed by atoms with van der Waals surface area (Å²) in [5, 5.41) is 13.1. The van der Waals surface area contributed by atoms with Crippen LogP contribution in [0, 0.1) is 11.2 Å². The molecule has 4 amide bonds. The lowest BCUT2D eigenvalue weighted by atomic mass is 9.56. The van der Waals surface area contributed by atoms with Crippen molar-refractivity contribution in [2.45, 2.75) is 71.4 Å². The fraction of sp³-hybridized carbons (Fsp3) is 0.486. The highest BCUT2D eigenvalue weighted by Crippen LogP contribution is 2.57. The summed E-state index contributed by atoms with van der Waals surface area (Å²) >= 11 is 0. The van der Waals surface area contributed by atoms with Crippen molar-refractivity contribution in [3.63, 3.8) is 0 Å². The summed E-state index contributed by atoms with van der Waals surface area (Å²) in [6.45, 7) is 9.15. The predicted octanol–water partition coefficient (Wildman–Crippen LogP) is 3.25. The standard InChI is InChI=1S/C30H34FN7O3.C7H13NO3/c1-4-35(2)27(41)15-38-23-7-5-6-20(21-11-24-18(10-22(21)31)14-33-36(24)3)28(23)29(34-38)19-12-30(13-19)16-37(17-30)26(40)9-8-25(32)39;1-7(2,3)11-6(10)4-8-5-9/h5-7,10-11,14,19H,4,8-9,12-13,15-17H2,1-3H3,(H2,32,39);5H,4H2,1-3H3,(H,8,9). The molecule has 0 atom stereocenters. The summed E-state index contributed by atoms with van der Waals surface area (Å²) in [6, 6.07) is 9.07. The maximum absolute atomic E-state index is 15.6. The number of ether oxygens (including phenoxy) is 1. The van der Waals surface area contributed by atoms with E-state index in [1.807, 2.05) is 38.2 Å². The van der Waals surface area contributed by atoms with E-state index < -0.39 is 17.5 Å². The van der Waals surface area contributed by atoms with Crippen LogP contribution in [0.4, 0.5) is 4.39 Å². The number of nitrogens with two attached hydrogens (primary N) is 1. The SMILES string of the molecule is CC(C)(C)OC(=O)CNC=O.CCN(C)C(=O)Cn1nc(C2CC3(C2)CN(C(=O)CCC(N)=O)C3)c2c(-c3cc4c(cnn4C)cc3F)cccc21. The van der Waals surface area contributed by atoms with Crippen molar-refractivity contribution in [2.24, 2.45) is 18.2 Å². The summed E-state index contributed by atoms with van der Waals surface area (Å²) in [4.78, 5) is 60.4. The van der Waals surface area contributed by atoms with Crippen molar-refractivity contribution >= 4 is 51.9 Å². The Hall–Kier alpha value is -5.34. The molecular weight excluding hydrogens is 671 g/mol. The lowest BCUT2D eigenvalue weighted by Crippen LogP contribution is -2.63. The Morgan fingerprint density at radius 3 is 2.46 bits per heavy atom. The normalized spacial score (nSPS) is 15.0. The first-order chi connectivity index (χ1) is 24.5. The number of hydrogen-bond acceptors (Lipinski definition) is 8. The average molecular weight is 719 g/mol. The van der Waals surface area contributed by atoms with Crippen LogP contribution >= 0.6 is 0 Å². The molecule has 15 heteroatoms. The number of likely N-dealkylation sites (N-methyl/N-ethyl adjacent to an activating group) is 1. The third-order valence-corrected chi connectivity index (χ3v) is 9.60. The largest absolute Gasteiger partial charge is 0.459 e. The van der Waals surface area contributed by atoms with E-state index in [1.54, 1.807) is 53.2 Å². The maximum atomic E-state index is 15.6. The zero-order valence-electron chi connectivity index (χ0n) is 30.6. The molecule has 4 aromatic rings. The van der Waals surface area contributed by atoms with Gasteiger partial charge in [-0.15, -0.1) is 0 Å². The van der Waals surface area contributed by atoms with Gasteiger partial charge in [0, 0.05) is 74.2 Å². The maximum Gasteiger partial charge on any atom is 0.325 e. The molecule has 14 nitrogen and oxygen atoms in total. The Morgan fingerprint density at radius 1 is 1.12 bits per heavy atom. The number of nitrogens with one attached hydrogen (secondary N) is 1. The zero-order valence-corrected chi connectivity index (χ0v) is 30.6. The Kier molecular flexibility index (Phi) is 11.0. The van der Waals surface area contributed by atoms with Crippen LogP contribution in [0.5, 0.6) is 0 Å². The molecule has 2 aromatic carbocycles. The van der Waals surface area contributed by atoms with Gasteiger partial charge in [-0.05, 0) is 64.3 Å². The van der Waals surface area contributed by atoms with Crippen LogP contribution in [0.15, 0.2) is 36.5 Å². The van der Waals surface area contributed by atoms with E-state index in [0.29, 0.717) is 31.6 Å². The average Bonchev–Trinajstić information content (AvgIpc) is 3.59. The molecule has 52 heavy (non-hydrogen) atoms. The molecule has 2 aromatic heterocycles. The molecular formula is C37H47FN8O6. The van der Waals surface area contributed by atoms with Crippen LogP contribution in [0.3, 0.4) is 0 Å². The van der Waals surface area contributed by atoms with Crippen molar-refractivity contribution in [1.82, 2.24) is 34.7 Å². The highest BCUT2D eigenvalue weighted by atomic mass is 19.1. The number of fused-ring (bicyclic) bond motifs is 2. The predicted molar refractivity (Wildman–Crippen MR) is 192 cm³/mol. The van der Waals surface area contributed by atoms with Gasteiger partial charge in [0.05, 0.1) is 22.9 Å². The van der Waals surface area contributed by atoms with Crippen LogP contribution in [-0.4, -0.2) is 98.3 Å². The van der Waals surface area contributed by atoms with Crippen molar-refractivity contribution in [3.8, 4) is 11.1 Å². The number of benzene rings is 2. The number of likely N-dealkylation sites (tertiary alicyclic amines) is 1. The summed E-state index contributed by atoms with van der Waals surface area (Å²) in [7, 11) is 3.60. The molecule has 1 aliphatic heterocycles. The number of carbonyl (C=O) groups excluding carboxylic acids is 5. The Labute approximate surface area is 301 Å². The van der Waals surface area contributed by atoms with Crippen molar-refractivity contribution < 1.29 is 33.1 Å². The lowest BCUT2D eigenvalue weighted by Gasteiger charge is -2.59. The molecule has 2 aliphatic rings. The van der Waals surface area contributed by atoms with E-state index in [2.05, 4.69) is 10.4 Å². The molecule has 2 fully saturated rings. The van der Waals surface area contributed by atoms with Crippen molar-refractivity contribution in [3.05, 3.63) is 48.0 Å². The van der Waals surface area contributed by atoms with Gasteiger partial charge in [-0.2, -0.15) is 10.2 Å². The van der Waals surface area contributed by atoms with E-state index in [0.717, 1.165) is 45.9 Å². The number of nitrogens with zero attached hydrogens (tertiary/aromatic N) is 6. The summed E-state index contributed by atoms with van der Waals surface area (Å²) < 4.78 is 23.9. The summed E-state index contributed by atoms with van der Waals surface area (Å²) in [6.07, 6.45) is 4.00. The molecule has 0 radical (unpaired) electrons. The van der Waals surface area contributed by atoms with Crippen molar-refractivity contribution in [2.75, 3.05) is 33.2 Å². The molecule has 3 heterocycles. The van der Waals surface area contributed by atoms with E-state index in [9.17, 15) is 24.0 Å². The van der Waals surface area contributed by atoms with Gasteiger partial charge >= 0.3 is 5.97 Å². The minimum absolute atomic E-state index is 0.0230. The number of amides is 4. The van der Waals surface area contributed by atoms with Gasteiger partial charge < -0.3 is 25.6 Å². The second kappa shape index (κ2) is 15.1. The molecule has 1 saturated carbocycles. The number of aryl methyl sites for hydroxylation is 1. The number of halogens is 1. The summed E-state index contributed by atoms with van der Waals surface area (Å²) in [5.41, 5.74) is 8.41. The van der Waals surface area contributed by atoms with Crippen LogP contribution in [0.25, 0.3) is 32.9 Å². The molecule has 278 valence electrons. The van der Waals surface area contributed by atoms with Crippen LogP contribution in [0.1, 0.15) is 65.0 Å². The van der Waals surface area contributed by atoms with Gasteiger partial charge in [-0.1, -0.05) is 12.1 Å². The van der Waals surface area contributed by atoms with Gasteiger partial charge in [0.1, 0.15) is 24.5 Å². The third kappa shape index (κ3) is 8.24. The minimum Gasteiger partial charge on any atom is -0.459 e. The van der Waals surface area contributed by atoms with Gasteiger partial charge in [-0.3, -0.25) is 33.3 Å². The zero-order chi connectivity index (χ0) is 38.0. The number of carbonyl (C=O) groups is 5. The van der Waals surface area contributed by atoms with Crippen LogP contribution in [-0.2, 0) is 42.3 Å². The first-order valence-corrected chi connectivity index (χ1v) is 17.3. The topological polar surface area (TPSA) is 175 Å². The first kappa shape index (κ1) is 37.9. The molecule has 6 rings (SSSR count). The molecule has 3 N–H and O–H groups in total. The monoisotopic (exact) mass is 718 g/mol. The fourth-order valence-electron chi connectivity index (χ4n) is 6.96. The third-order valence-electron chi connectivity index (χ3n) is 9.60. The summed E-state index contributed by atoms with van der Waals surface area (Å²) in [5.74, 6) is -1.22. The smallest absolute Gasteiger partial charge is 0.325 e. The highest BCUT2D eigenvalue weighted by molar-refractivity contribution is 6.00. The highest BCUT2D eigenvalue weighted by Gasteiger charge is 2.54. The second-order valence-corrected chi connectivity index (χ2v) is 14.7. The number of primary amides is 1. The Bertz CT molecular complexity index is 2000. The molecule has 0 bridgehead atoms. The minimum atomic E-state index is -0.484. The molecule has 1 saturated heterocycles.